The van der Waals surface area contributed by atoms with E-state index >= 15 is 0 Å². The van der Waals surface area contributed by atoms with Crippen LogP contribution in [0, 0.1) is 10.1 Å². The van der Waals surface area contributed by atoms with Crippen LogP contribution in [0.15, 0.2) is 72.8 Å². The molecule has 0 amide bonds. The third-order valence-electron chi connectivity index (χ3n) is 6.61. The number of piperazine rings is 1. The van der Waals surface area contributed by atoms with Crippen molar-refractivity contribution < 1.29 is 10.0 Å². The molecule has 6 rings (SSSR count). The van der Waals surface area contributed by atoms with Crippen molar-refractivity contribution >= 4 is 28.2 Å². The van der Waals surface area contributed by atoms with E-state index in [4.69, 9.17) is 4.98 Å². The Morgan fingerprint density at radius 1 is 0.889 bits per heavy atom. The lowest BCUT2D eigenvalue weighted by Crippen LogP contribution is -2.46. The summed E-state index contributed by atoms with van der Waals surface area (Å²) in [6.07, 6.45) is 0. The number of hydrogen-bond acceptors (Lipinski definition) is 8. The van der Waals surface area contributed by atoms with Gasteiger partial charge < -0.3 is 10.0 Å². The topological polar surface area (TPSA) is 113 Å². The lowest BCUT2D eigenvalue weighted by molar-refractivity contribution is -0.384. The van der Waals surface area contributed by atoms with Crippen LogP contribution in [0.2, 0.25) is 0 Å². The van der Waals surface area contributed by atoms with Crippen LogP contribution in [0.5, 0.6) is 5.75 Å². The summed E-state index contributed by atoms with van der Waals surface area (Å²) < 4.78 is 1.84. The lowest BCUT2D eigenvalue weighted by Gasteiger charge is -2.35. The van der Waals surface area contributed by atoms with Gasteiger partial charge in [-0.3, -0.25) is 15.0 Å². The molecule has 1 aliphatic rings. The summed E-state index contributed by atoms with van der Waals surface area (Å²) in [6, 6.07) is 21.7. The fourth-order valence-electron chi connectivity index (χ4n) is 4.77. The number of rotatable bonds is 5. The minimum atomic E-state index is -0.400. The van der Waals surface area contributed by atoms with E-state index in [-0.39, 0.29) is 5.69 Å². The molecule has 0 bridgehead atoms. The number of nitro groups is 1. The molecule has 1 fully saturated rings. The Bertz CT molecular complexity index is 1590. The molecule has 5 aromatic rings. The fourth-order valence-corrected chi connectivity index (χ4v) is 4.77. The van der Waals surface area contributed by atoms with Gasteiger partial charge in [0.2, 0.25) is 5.95 Å². The highest BCUT2D eigenvalue weighted by Crippen LogP contribution is 2.33. The third-order valence-corrected chi connectivity index (χ3v) is 6.61. The predicted molar refractivity (Wildman–Crippen MR) is 136 cm³/mol. The first-order chi connectivity index (χ1) is 17.6. The summed E-state index contributed by atoms with van der Waals surface area (Å²) in [6.45, 7) is 3.60. The van der Waals surface area contributed by atoms with Crippen molar-refractivity contribution in [1.29, 1.82) is 0 Å². The number of fused-ring (bicyclic) bond motifs is 3. The zero-order chi connectivity index (χ0) is 24.6. The molecule has 1 N–H and O–H groups in total. The molecule has 3 aromatic carbocycles. The van der Waals surface area contributed by atoms with Crippen LogP contribution in [0.1, 0.15) is 5.56 Å². The van der Waals surface area contributed by atoms with Gasteiger partial charge in [-0.15, -0.1) is 10.2 Å². The second-order valence-corrected chi connectivity index (χ2v) is 8.78. The number of phenols is 1. The number of nitro benzene ring substituents is 1. The van der Waals surface area contributed by atoms with E-state index in [1.165, 1.54) is 6.07 Å². The molecule has 0 spiro atoms. The highest BCUT2D eigenvalue weighted by molar-refractivity contribution is 5.93. The average Bonchev–Trinajstić information content (AvgIpc) is 3.35. The molecule has 1 aliphatic heterocycles. The van der Waals surface area contributed by atoms with Crippen LogP contribution in [-0.2, 0) is 6.54 Å². The van der Waals surface area contributed by atoms with E-state index < -0.39 is 4.92 Å². The minimum Gasteiger partial charge on any atom is -0.508 e. The second kappa shape index (κ2) is 8.90. The molecule has 3 heterocycles. The lowest BCUT2D eigenvalue weighted by atomic mass is 10.1. The number of anilines is 1. The minimum absolute atomic E-state index is 0.0293. The second-order valence-electron chi connectivity index (χ2n) is 8.78. The summed E-state index contributed by atoms with van der Waals surface area (Å²) in [5, 5.41) is 31.6. The van der Waals surface area contributed by atoms with Crippen LogP contribution in [0.25, 0.3) is 27.9 Å². The van der Waals surface area contributed by atoms with Gasteiger partial charge in [0.1, 0.15) is 5.75 Å². The summed E-state index contributed by atoms with van der Waals surface area (Å²) in [4.78, 5) is 20.8. The Balaban J connectivity index is 1.41. The molecule has 36 heavy (non-hydrogen) atoms. The molecule has 0 aliphatic carbocycles. The summed E-state index contributed by atoms with van der Waals surface area (Å²) in [5.41, 5.74) is 2.66. The van der Waals surface area contributed by atoms with Gasteiger partial charge in [0.25, 0.3) is 5.69 Å². The molecule has 180 valence electrons. The number of nitrogens with zero attached hydrogens (tertiary/aromatic N) is 7. The van der Waals surface area contributed by atoms with E-state index in [1.54, 1.807) is 24.3 Å². The van der Waals surface area contributed by atoms with Crippen LogP contribution in [0.4, 0.5) is 11.6 Å². The number of para-hydroxylation sites is 3. The predicted octanol–water partition coefficient (Wildman–Crippen LogP) is 3.88. The van der Waals surface area contributed by atoms with Gasteiger partial charge in [-0.1, -0.05) is 42.5 Å². The zero-order valence-electron chi connectivity index (χ0n) is 19.4. The normalized spacial score (nSPS) is 14.5. The number of aromatic nitrogens is 4. The molecule has 1 saturated heterocycles. The molecule has 2 aromatic heterocycles. The molecule has 0 unspecified atom stereocenters. The Morgan fingerprint density at radius 2 is 1.61 bits per heavy atom. The SMILES string of the molecule is O=[N+]([O-])c1ccccc1-c1nnc2c3ccccc3nc(N3CCN(Cc4ccccc4O)CC3)n12. The van der Waals surface area contributed by atoms with E-state index in [2.05, 4.69) is 20.0 Å². The molecular formula is C26H23N7O3. The molecule has 10 nitrogen and oxygen atoms in total. The maximum Gasteiger partial charge on any atom is 0.280 e. The standard InChI is InChI=1S/C26H23N7O3/c34-23-12-6-1-7-18(23)17-30-13-15-31(16-14-30)26-27-21-10-4-2-8-19(21)24-28-29-25(32(24)26)20-9-3-5-11-22(20)33(35)36/h1-12,34H,13-17H2. The fraction of sp³-hybridized carbons (Fsp3) is 0.192. The van der Waals surface area contributed by atoms with E-state index in [0.29, 0.717) is 48.4 Å². The quantitative estimate of drug-likeness (QED) is 0.297. The van der Waals surface area contributed by atoms with Gasteiger partial charge in [-0.05, 0) is 24.3 Å². The monoisotopic (exact) mass is 481 g/mol. The van der Waals surface area contributed by atoms with E-state index in [1.807, 2.05) is 46.9 Å². The Hall–Kier alpha value is -4.57. The highest BCUT2D eigenvalue weighted by atomic mass is 16.6. The average molecular weight is 482 g/mol. The first-order valence-corrected chi connectivity index (χ1v) is 11.7. The van der Waals surface area contributed by atoms with Crippen LogP contribution in [0.3, 0.4) is 0 Å². The summed E-state index contributed by atoms with van der Waals surface area (Å²) >= 11 is 0. The van der Waals surface area contributed by atoms with Crippen LogP contribution >= 0.6 is 0 Å². The summed E-state index contributed by atoms with van der Waals surface area (Å²) in [5.74, 6) is 1.35. The number of aromatic hydroxyl groups is 1. The van der Waals surface area contributed by atoms with Crippen molar-refractivity contribution in [2.24, 2.45) is 0 Å². The zero-order valence-corrected chi connectivity index (χ0v) is 19.4. The van der Waals surface area contributed by atoms with E-state index in [9.17, 15) is 15.2 Å². The van der Waals surface area contributed by atoms with Gasteiger partial charge in [0.15, 0.2) is 11.5 Å². The third kappa shape index (κ3) is 3.77. The Kier molecular flexibility index (Phi) is 5.42. The van der Waals surface area contributed by atoms with Crippen molar-refractivity contribution in [2.75, 3.05) is 31.1 Å². The van der Waals surface area contributed by atoms with Crippen LogP contribution < -0.4 is 4.90 Å². The van der Waals surface area contributed by atoms with Crippen molar-refractivity contribution in [3.63, 3.8) is 0 Å². The highest BCUT2D eigenvalue weighted by Gasteiger charge is 2.26. The van der Waals surface area contributed by atoms with Gasteiger partial charge in [0, 0.05) is 49.7 Å². The first kappa shape index (κ1) is 21.9. The van der Waals surface area contributed by atoms with Gasteiger partial charge >= 0.3 is 0 Å². The number of benzene rings is 3. The van der Waals surface area contributed by atoms with Crippen molar-refractivity contribution in [3.8, 4) is 17.1 Å². The van der Waals surface area contributed by atoms with Gasteiger partial charge in [-0.2, -0.15) is 0 Å². The number of phenolic OH excluding ortho intramolecular Hbond substituents is 1. The summed E-state index contributed by atoms with van der Waals surface area (Å²) in [7, 11) is 0. The molecule has 0 radical (unpaired) electrons. The van der Waals surface area contributed by atoms with Crippen molar-refractivity contribution in [3.05, 3.63) is 88.5 Å². The maximum absolute atomic E-state index is 11.8. The largest absolute Gasteiger partial charge is 0.508 e. The molecule has 0 saturated carbocycles. The first-order valence-electron chi connectivity index (χ1n) is 11.7. The Labute approximate surface area is 206 Å². The Morgan fingerprint density at radius 3 is 2.42 bits per heavy atom. The van der Waals surface area contributed by atoms with E-state index in [0.717, 1.165) is 29.6 Å². The van der Waals surface area contributed by atoms with Gasteiger partial charge in [-0.25, -0.2) is 9.38 Å². The van der Waals surface area contributed by atoms with Crippen molar-refractivity contribution in [2.45, 2.75) is 6.54 Å². The number of hydrogen-bond donors (Lipinski definition) is 1. The van der Waals surface area contributed by atoms with Crippen molar-refractivity contribution in [1.82, 2.24) is 24.5 Å². The smallest absolute Gasteiger partial charge is 0.280 e. The maximum atomic E-state index is 11.8. The van der Waals surface area contributed by atoms with Gasteiger partial charge in [0.05, 0.1) is 16.0 Å². The molecule has 0 atom stereocenters. The van der Waals surface area contributed by atoms with Crippen LogP contribution in [-0.4, -0.2) is 60.7 Å². The molecular weight excluding hydrogens is 458 g/mol. The molecule has 10 heteroatoms.